The number of halogens is 1. The second-order valence-corrected chi connectivity index (χ2v) is 5.76. The summed E-state index contributed by atoms with van der Waals surface area (Å²) in [5.41, 5.74) is 1.33. The molecule has 0 saturated carbocycles. The Morgan fingerprint density at radius 2 is 2.08 bits per heavy atom. The number of aromatic nitrogens is 2. The van der Waals surface area contributed by atoms with Crippen molar-refractivity contribution >= 4 is 21.8 Å². The van der Waals surface area contributed by atoms with Crippen LogP contribution in [0, 0.1) is 0 Å². The van der Waals surface area contributed by atoms with Gasteiger partial charge in [-0.3, -0.25) is 4.79 Å². The Bertz CT molecular complexity index is 864. The summed E-state index contributed by atoms with van der Waals surface area (Å²) in [7, 11) is 1.60. The van der Waals surface area contributed by atoms with Crippen LogP contribution >= 0.6 is 15.9 Å². The summed E-state index contributed by atoms with van der Waals surface area (Å²) >= 11 is 3.35. The molecule has 0 aliphatic heterocycles. The Balaban J connectivity index is 1.68. The summed E-state index contributed by atoms with van der Waals surface area (Å²) in [4.78, 5) is 16.4. The molecule has 2 aromatic carbocycles. The van der Waals surface area contributed by atoms with Gasteiger partial charge in [0.2, 0.25) is 11.7 Å². The molecule has 0 aliphatic rings. The fourth-order valence-corrected chi connectivity index (χ4v) is 2.57. The summed E-state index contributed by atoms with van der Waals surface area (Å²) in [6.45, 7) is 0.150. The maximum atomic E-state index is 12.2. The van der Waals surface area contributed by atoms with Crippen LogP contribution in [0.1, 0.15) is 16.2 Å². The molecule has 1 heterocycles. The van der Waals surface area contributed by atoms with Gasteiger partial charge in [-0.05, 0) is 40.2 Å². The molecule has 122 valence electrons. The van der Waals surface area contributed by atoms with E-state index in [9.17, 15) is 4.79 Å². The summed E-state index contributed by atoms with van der Waals surface area (Å²) in [5, 5.41) is 6.68. The minimum Gasteiger partial charge on any atom is -0.497 e. The molecule has 0 unspecified atom stereocenters. The van der Waals surface area contributed by atoms with Crippen LogP contribution in [0.2, 0.25) is 0 Å². The van der Waals surface area contributed by atoms with E-state index < -0.39 is 0 Å². The van der Waals surface area contributed by atoms with Gasteiger partial charge in [-0.25, -0.2) is 0 Å². The zero-order chi connectivity index (χ0) is 16.9. The number of amides is 1. The summed E-state index contributed by atoms with van der Waals surface area (Å²) in [5.74, 6) is 1.26. The Labute approximate surface area is 147 Å². The quantitative estimate of drug-likeness (QED) is 0.725. The minimum absolute atomic E-state index is 0.150. The molecule has 1 amide bonds. The average Bonchev–Trinajstić information content (AvgIpc) is 3.09. The van der Waals surface area contributed by atoms with Crippen LogP contribution in [0.15, 0.2) is 57.5 Å². The highest BCUT2D eigenvalue weighted by molar-refractivity contribution is 9.10. The van der Waals surface area contributed by atoms with E-state index in [1.54, 1.807) is 19.2 Å². The van der Waals surface area contributed by atoms with Crippen molar-refractivity contribution in [3.63, 3.8) is 0 Å². The van der Waals surface area contributed by atoms with Gasteiger partial charge in [-0.15, -0.1) is 0 Å². The lowest BCUT2D eigenvalue weighted by atomic mass is 10.2. The fourth-order valence-electron chi connectivity index (χ4n) is 2.10. The molecule has 0 spiro atoms. The molecule has 0 saturated heterocycles. The molecule has 3 rings (SSSR count). The maximum absolute atomic E-state index is 12.2. The average molecular weight is 388 g/mol. The highest BCUT2D eigenvalue weighted by Gasteiger charge is 2.13. The number of rotatable bonds is 5. The molecule has 3 aromatic rings. The van der Waals surface area contributed by atoms with Crippen LogP contribution in [-0.2, 0) is 6.54 Å². The first-order valence-electron chi connectivity index (χ1n) is 7.17. The minimum atomic E-state index is -0.219. The molecule has 0 radical (unpaired) electrons. The molecule has 0 fully saturated rings. The third-order valence-electron chi connectivity index (χ3n) is 3.31. The van der Waals surface area contributed by atoms with E-state index in [-0.39, 0.29) is 12.5 Å². The van der Waals surface area contributed by atoms with Crippen molar-refractivity contribution in [2.45, 2.75) is 6.54 Å². The van der Waals surface area contributed by atoms with Gasteiger partial charge in [0.25, 0.3) is 5.91 Å². The molecule has 1 aromatic heterocycles. The van der Waals surface area contributed by atoms with E-state index in [0.717, 1.165) is 10.0 Å². The SMILES string of the molecule is COc1cccc(-c2noc(CNC(=O)c3ccccc3Br)n2)c1. The normalized spacial score (nSPS) is 10.4. The summed E-state index contributed by atoms with van der Waals surface area (Å²) in [6.07, 6.45) is 0. The van der Waals surface area contributed by atoms with Gasteiger partial charge in [-0.1, -0.05) is 29.4 Å². The predicted molar refractivity (Wildman–Crippen MR) is 91.6 cm³/mol. The molecular weight excluding hydrogens is 374 g/mol. The van der Waals surface area contributed by atoms with Crippen molar-refractivity contribution in [1.82, 2.24) is 15.5 Å². The number of hydrogen-bond donors (Lipinski definition) is 1. The molecular formula is C17H14BrN3O3. The van der Waals surface area contributed by atoms with E-state index in [2.05, 4.69) is 31.4 Å². The second kappa shape index (κ2) is 7.27. The van der Waals surface area contributed by atoms with Crippen LogP contribution in [0.3, 0.4) is 0 Å². The van der Waals surface area contributed by atoms with Crippen molar-refractivity contribution in [3.8, 4) is 17.1 Å². The van der Waals surface area contributed by atoms with E-state index >= 15 is 0 Å². The van der Waals surface area contributed by atoms with Crippen LogP contribution < -0.4 is 10.1 Å². The highest BCUT2D eigenvalue weighted by Crippen LogP contribution is 2.21. The van der Waals surface area contributed by atoms with Gasteiger partial charge in [0.1, 0.15) is 5.75 Å². The maximum Gasteiger partial charge on any atom is 0.252 e. The molecule has 24 heavy (non-hydrogen) atoms. The molecule has 0 atom stereocenters. The zero-order valence-electron chi connectivity index (χ0n) is 12.8. The summed E-state index contributed by atoms with van der Waals surface area (Å²) in [6, 6.07) is 14.5. The Hall–Kier alpha value is -2.67. The topological polar surface area (TPSA) is 77.3 Å². The van der Waals surface area contributed by atoms with Crippen molar-refractivity contribution in [1.29, 1.82) is 0 Å². The lowest BCUT2D eigenvalue weighted by Crippen LogP contribution is -2.23. The van der Waals surface area contributed by atoms with Crippen LogP contribution in [0.5, 0.6) is 5.75 Å². The Morgan fingerprint density at radius 1 is 1.25 bits per heavy atom. The Kier molecular flexibility index (Phi) is 4.90. The molecule has 6 nitrogen and oxygen atoms in total. The van der Waals surface area contributed by atoms with Crippen molar-refractivity contribution in [2.75, 3.05) is 7.11 Å². The number of methoxy groups -OCH3 is 1. The zero-order valence-corrected chi connectivity index (χ0v) is 14.4. The summed E-state index contributed by atoms with van der Waals surface area (Å²) < 4.78 is 11.1. The third kappa shape index (κ3) is 3.62. The van der Waals surface area contributed by atoms with Crippen LogP contribution in [0.25, 0.3) is 11.4 Å². The number of carbonyl (C=O) groups is 1. The monoisotopic (exact) mass is 387 g/mol. The van der Waals surface area contributed by atoms with Gasteiger partial charge >= 0.3 is 0 Å². The second-order valence-electron chi connectivity index (χ2n) is 4.91. The fraction of sp³-hybridized carbons (Fsp3) is 0.118. The highest BCUT2D eigenvalue weighted by atomic mass is 79.9. The van der Waals surface area contributed by atoms with Crippen LogP contribution in [0.4, 0.5) is 0 Å². The first-order valence-corrected chi connectivity index (χ1v) is 7.96. The predicted octanol–water partition coefficient (Wildman–Crippen LogP) is 3.44. The smallest absolute Gasteiger partial charge is 0.252 e. The van der Waals surface area contributed by atoms with Gasteiger partial charge in [0, 0.05) is 10.0 Å². The first-order chi connectivity index (χ1) is 11.7. The number of nitrogens with zero attached hydrogens (tertiary/aromatic N) is 2. The molecule has 0 bridgehead atoms. The first kappa shape index (κ1) is 16.2. The number of ether oxygens (including phenoxy) is 1. The van der Waals surface area contributed by atoms with E-state index in [4.69, 9.17) is 9.26 Å². The third-order valence-corrected chi connectivity index (χ3v) is 4.01. The number of benzene rings is 2. The number of nitrogens with one attached hydrogen (secondary N) is 1. The molecule has 0 aliphatic carbocycles. The Morgan fingerprint density at radius 3 is 2.88 bits per heavy atom. The van der Waals surface area contributed by atoms with Crippen LogP contribution in [-0.4, -0.2) is 23.2 Å². The van der Waals surface area contributed by atoms with Gasteiger partial charge < -0.3 is 14.6 Å². The number of hydrogen-bond acceptors (Lipinski definition) is 5. The molecule has 1 N–H and O–H groups in total. The van der Waals surface area contributed by atoms with Gasteiger partial charge in [0.05, 0.1) is 19.2 Å². The standard InChI is InChI=1S/C17H14BrN3O3/c1-23-12-6-4-5-11(9-12)16-20-15(24-21-16)10-19-17(22)13-7-2-3-8-14(13)18/h2-9H,10H2,1H3,(H,19,22). The van der Waals surface area contributed by atoms with Gasteiger partial charge in [-0.2, -0.15) is 4.98 Å². The largest absolute Gasteiger partial charge is 0.497 e. The lowest BCUT2D eigenvalue weighted by molar-refractivity contribution is 0.0945. The molecule has 7 heteroatoms. The van der Waals surface area contributed by atoms with Crippen molar-refractivity contribution in [3.05, 3.63) is 64.5 Å². The van der Waals surface area contributed by atoms with E-state index in [1.165, 1.54) is 0 Å². The van der Waals surface area contributed by atoms with Crippen molar-refractivity contribution in [2.24, 2.45) is 0 Å². The van der Waals surface area contributed by atoms with Crippen molar-refractivity contribution < 1.29 is 14.1 Å². The van der Waals surface area contributed by atoms with E-state index in [0.29, 0.717) is 23.0 Å². The van der Waals surface area contributed by atoms with E-state index in [1.807, 2.05) is 36.4 Å². The lowest BCUT2D eigenvalue weighted by Gasteiger charge is -2.04. The van der Waals surface area contributed by atoms with Gasteiger partial charge in [0.15, 0.2) is 0 Å². The number of carbonyl (C=O) groups excluding carboxylic acids is 1.